The fraction of sp³-hybridized carbons (Fsp3) is 0.647. The number of carbonyl (C=O) groups excluding carboxylic acids is 2. The number of aryl methyl sites for hydroxylation is 2. The van der Waals surface area contributed by atoms with E-state index in [9.17, 15) is 18.0 Å². The summed E-state index contributed by atoms with van der Waals surface area (Å²) in [6, 6.07) is 1.61. The first kappa shape index (κ1) is 18.4. The average Bonchev–Trinajstić information content (AvgIpc) is 3.21. The van der Waals surface area contributed by atoms with Crippen LogP contribution in [-0.4, -0.2) is 55.4 Å². The van der Waals surface area contributed by atoms with E-state index in [0.29, 0.717) is 11.3 Å². The third-order valence-corrected chi connectivity index (χ3v) is 7.81. The van der Waals surface area contributed by atoms with Gasteiger partial charge in [-0.1, -0.05) is 6.92 Å². The molecule has 3 rings (SSSR count). The van der Waals surface area contributed by atoms with Gasteiger partial charge in [0.2, 0.25) is 0 Å². The van der Waals surface area contributed by atoms with Gasteiger partial charge < -0.3 is 9.64 Å². The van der Waals surface area contributed by atoms with E-state index in [0.717, 1.165) is 29.7 Å². The maximum absolute atomic E-state index is 12.5. The Kier molecular flexibility index (Phi) is 5.20. The molecule has 25 heavy (non-hydrogen) atoms. The summed E-state index contributed by atoms with van der Waals surface area (Å²) < 4.78 is 28.6. The molecule has 6 nitrogen and oxygen atoms in total. The van der Waals surface area contributed by atoms with Crippen LogP contribution in [0, 0.1) is 6.92 Å². The zero-order chi connectivity index (χ0) is 18.2. The maximum atomic E-state index is 12.5. The molecule has 1 saturated heterocycles. The highest BCUT2D eigenvalue weighted by Crippen LogP contribution is 2.32. The Morgan fingerprint density at radius 2 is 2.00 bits per heavy atom. The van der Waals surface area contributed by atoms with Crippen LogP contribution in [0.3, 0.4) is 0 Å². The van der Waals surface area contributed by atoms with Gasteiger partial charge in [-0.25, -0.2) is 13.2 Å². The van der Waals surface area contributed by atoms with E-state index in [2.05, 4.69) is 0 Å². The molecular weight excluding hydrogens is 362 g/mol. The Balaban J connectivity index is 1.61. The van der Waals surface area contributed by atoms with Crippen LogP contribution in [0.5, 0.6) is 0 Å². The number of hydrogen-bond acceptors (Lipinski definition) is 6. The van der Waals surface area contributed by atoms with E-state index in [1.165, 1.54) is 11.3 Å². The quantitative estimate of drug-likeness (QED) is 0.699. The molecule has 1 aromatic rings. The molecule has 0 aromatic carbocycles. The lowest BCUT2D eigenvalue weighted by Crippen LogP contribution is -2.44. The molecular formula is C17H23NO5S2. The van der Waals surface area contributed by atoms with Crippen LogP contribution in [-0.2, 0) is 25.8 Å². The van der Waals surface area contributed by atoms with Crippen LogP contribution in [0.15, 0.2) is 6.07 Å². The van der Waals surface area contributed by atoms with Gasteiger partial charge in [0.1, 0.15) is 4.88 Å². The Morgan fingerprint density at radius 3 is 2.52 bits per heavy atom. The van der Waals surface area contributed by atoms with Gasteiger partial charge in [-0.2, -0.15) is 0 Å². The second kappa shape index (κ2) is 7.07. The van der Waals surface area contributed by atoms with Gasteiger partial charge in [0, 0.05) is 17.0 Å². The minimum atomic E-state index is -3.06. The van der Waals surface area contributed by atoms with Gasteiger partial charge in [-0.3, -0.25) is 4.79 Å². The molecule has 1 aliphatic carbocycles. The van der Waals surface area contributed by atoms with Gasteiger partial charge in [-0.05, 0) is 44.2 Å². The monoisotopic (exact) mass is 385 g/mol. The number of sulfone groups is 1. The van der Waals surface area contributed by atoms with Crippen molar-refractivity contribution in [3.63, 3.8) is 0 Å². The van der Waals surface area contributed by atoms with Crippen LogP contribution in [0.1, 0.15) is 46.3 Å². The van der Waals surface area contributed by atoms with Gasteiger partial charge >= 0.3 is 5.97 Å². The van der Waals surface area contributed by atoms with Crippen molar-refractivity contribution in [2.45, 2.75) is 51.6 Å². The molecule has 0 spiro atoms. The number of carbonyl (C=O) groups is 2. The Morgan fingerprint density at radius 1 is 1.28 bits per heavy atom. The molecule has 0 bridgehead atoms. The summed E-state index contributed by atoms with van der Waals surface area (Å²) in [4.78, 5) is 28.0. The SMILES string of the molecule is CCc1sc(C(=O)OCC(=O)N(C2CC2)[C@H]2CCS(=O)(=O)C2)cc1C. The molecule has 0 N–H and O–H groups in total. The summed E-state index contributed by atoms with van der Waals surface area (Å²) in [6.45, 7) is 3.65. The number of hydrogen-bond donors (Lipinski definition) is 0. The predicted molar refractivity (Wildman–Crippen MR) is 95.6 cm³/mol. The lowest BCUT2D eigenvalue weighted by atomic mass is 10.2. The number of amides is 1. The third kappa shape index (κ3) is 4.23. The molecule has 1 amide bonds. The van der Waals surface area contributed by atoms with E-state index in [-0.39, 0.29) is 36.1 Å². The normalized spacial score (nSPS) is 21.9. The largest absolute Gasteiger partial charge is 0.451 e. The third-order valence-electron chi connectivity index (χ3n) is 4.70. The zero-order valence-corrected chi connectivity index (χ0v) is 16.1. The molecule has 1 atom stereocenters. The minimum absolute atomic E-state index is 0.0210. The smallest absolute Gasteiger partial charge is 0.348 e. The van der Waals surface area contributed by atoms with Gasteiger partial charge in [0.25, 0.3) is 5.91 Å². The van der Waals surface area contributed by atoms with Crippen LogP contribution in [0.2, 0.25) is 0 Å². The fourth-order valence-corrected chi connectivity index (χ4v) is 6.02. The summed E-state index contributed by atoms with van der Waals surface area (Å²) in [5.41, 5.74) is 1.06. The van der Waals surface area contributed by atoms with E-state index in [4.69, 9.17) is 4.74 Å². The van der Waals surface area contributed by atoms with E-state index in [1.807, 2.05) is 13.8 Å². The standard InChI is InChI=1S/C17H23NO5S2/c1-3-14-11(2)8-15(24-14)17(20)23-9-16(19)18(12-4-5-12)13-6-7-25(21,22)10-13/h8,12-13H,3-7,9-10H2,1-2H3/t13-/m0/s1. The molecule has 1 aromatic heterocycles. The molecule has 2 fully saturated rings. The number of thiophene rings is 1. The average molecular weight is 386 g/mol. The fourth-order valence-electron chi connectivity index (χ4n) is 3.30. The summed E-state index contributed by atoms with van der Waals surface area (Å²) >= 11 is 1.39. The van der Waals surface area contributed by atoms with Crippen molar-refractivity contribution < 1.29 is 22.7 Å². The summed E-state index contributed by atoms with van der Waals surface area (Å²) in [7, 11) is -3.06. The summed E-state index contributed by atoms with van der Waals surface area (Å²) in [6.07, 6.45) is 3.11. The second-order valence-corrected chi connectivity index (χ2v) is 10.1. The first-order valence-electron chi connectivity index (χ1n) is 8.58. The van der Waals surface area contributed by atoms with Crippen molar-refractivity contribution in [3.8, 4) is 0 Å². The van der Waals surface area contributed by atoms with Crippen molar-refractivity contribution in [1.29, 1.82) is 0 Å². The number of rotatable bonds is 6. The highest BCUT2D eigenvalue weighted by atomic mass is 32.2. The number of esters is 1. The van der Waals surface area contributed by atoms with Gasteiger partial charge in [0.15, 0.2) is 16.4 Å². The van der Waals surface area contributed by atoms with E-state index < -0.39 is 15.8 Å². The topological polar surface area (TPSA) is 80.8 Å². The van der Waals surface area contributed by atoms with Gasteiger partial charge in [0.05, 0.1) is 11.5 Å². The Labute approximate surface area is 152 Å². The molecule has 0 unspecified atom stereocenters. The molecule has 0 radical (unpaired) electrons. The lowest BCUT2D eigenvalue weighted by Gasteiger charge is -2.28. The highest BCUT2D eigenvalue weighted by molar-refractivity contribution is 7.91. The Bertz CT molecular complexity index is 779. The van der Waals surface area contributed by atoms with Gasteiger partial charge in [-0.15, -0.1) is 11.3 Å². The second-order valence-electron chi connectivity index (χ2n) is 6.74. The zero-order valence-electron chi connectivity index (χ0n) is 14.5. The maximum Gasteiger partial charge on any atom is 0.348 e. The van der Waals surface area contributed by atoms with Crippen molar-refractivity contribution >= 4 is 33.1 Å². The van der Waals surface area contributed by atoms with Crippen molar-refractivity contribution in [1.82, 2.24) is 4.90 Å². The van der Waals surface area contributed by atoms with Crippen LogP contribution in [0.25, 0.3) is 0 Å². The van der Waals surface area contributed by atoms with Crippen LogP contribution >= 0.6 is 11.3 Å². The number of ether oxygens (including phenoxy) is 1. The molecule has 2 heterocycles. The first-order chi connectivity index (χ1) is 11.8. The van der Waals surface area contributed by atoms with Crippen LogP contribution in [0.4, 0.5) is 0 Å². The number of nitrogens with zero attached hydrogens (tertiary/aromatic N) is 1. The molecule has 138 valence electrons. The predicted octanol–water partition coefficient (Wildman–Crippen LogP) is 1.95. The Hall–Kier alpha value is -1.41. The molecule has 2 aliphatic rings. The molecule has 1 saturated carbocycles. The molecule has 8 heteroatoms. The van der Waals surface area contributed by atoms with E-state index in [1.54, 1.807) is 11.0 Å². The first-order valence-corrected chi connectivity index (χ1v) is 11.2. The van der Waals surface area contributed by atoms with Crippen LogP contribution < -0.4 is 0 Å². The summed E-state index contributed by atoms with van der Waals surface area (Å²) in [5.74, 6) is -0.632. The molecule has 1 aliphatic heterocycles. The lowest BCUT2D eigenvalue weighted by molar-refractivity contribution is -0.137. The van der Waals surface area contributed by atoms with Crippen molar-refractivity contribution in [2.24, 2.45) is 0 Å². The summed E-state index contributed by atoms with van der Waals surface area (Å²) in [5, 5.41) is 0. The minimum Gasteiger partial charge on any atom is -0.451 e. The van der Waals surface area contributed by atoms with E-state index >= 15 is 0 Å². The highest BCUT2D eigenvalue weighted by Gasteiger charge is 2.42. The van der Waals surface area contributed by atoms with Crippen molar-refractivity contribution in [2.75, 3.05) is 18.1 Å². The van der Waals surface area contributed by atoms with Crippen molar-refractivity contribution in [3.05, 3.63) is 21.4 Å².